The van der Waals surface area contributed by atoms with Gasteiger partial charge in [0, 0.05) is 21.1 Å². The van der Waals surface area contributed by atoms with Crippen LogP contribution in [-0.4, -0.2) is 7.05 Å². The van der Waals surface area contributed by atoms with Crippen molar-refractivity contribution >= 4 is 43.5 Å². The fraction of sp³-hybridized carbons (Fsp3) is 0.200. The molecule has 2 aromatic carbocycles. The van der Waals surface area contributed by atoms with Crippen molar-refractivity contribution in [3.05, 3.63) is 67.1 Å². The third-order valence-electron chi connectivity index (χ3n) is 3.23. The molecule has 0 fully saturated rings. The van der Waals surface area contributed by atoms with Gasteiger partial charge in [-0.3, -0.25) is 0 Å². The van der Waals surface area contributed by atoms with Crippen LogP contribution in [0.2, 0.25) is 5.02 Å². The summed E-state index contributed by atoms with van der Waals surface area (Å²) in [5, 5.41) is 3.68. The molecular weight excluding hydrogens is 427 g/mol. The second-order valence-corrected chi connectivity index (χ2v) is 6.68. The maximum Gasteiger partial charge on any atom is 0.143 e. The van der Waals surface area contributed by atoms with Crippen molar-refractivity contribution in [1.82, 2.24) is 5.32 Å². The monoisotopic (exact) mass is 437 g/mol. The van der Waals surface area contributed by atoms with E-state index in [1.54, 1.807) is 19.2 Å². The minimum absolute atomic E-state index is 0.0468. The summed E-state index contributed by atoms with van der Waals surface area (Å²) in [4.78, 5) is 0. The highest BCUT2D eigenvalue weighted by molar-refractivity contribution is 9.10. The maximum atomic E-state index is 14.1. The van der Waals surface area contributed by atoms with E-state index in [1.165, 1.54) is 12.1 Å². The van der Waals surface area contributed by atoms with Crippen LogP contribution in [0, 0.1) is 11.6 Å². The highest BCUT2D eigenvalue weighted by Crippen LogP contribution is 2.31. The van der Waals surface area contributed by atoms with E-state index >= 15 is 0 Å². The molecule has 0 aliphatic heterocycles. The summed E-state index contributed by atoms with van der Waals surface area (Å²) in [6.07, 6.45) is 0.188. The van der Waals surface area contributed by atoms with Crippen molar-refractivity contribution in [2.24, 2.45) is 0 Å². The van der Waals surface area contributed by atoms with Gasteiger partial charge >= 0.3 is 0 Å². The molecule has 112 valence electrons. The molecule has 0 aliphatic carbocycles. The van der Waals surface area contributed by atoms with Gasteiger partial charge in [0.15, 0.2) is 0 Å². The van der Waals surface area contributed by atoms with E-state index in [9.17, 15) is 8.78 Å². The molecule has 0 radical (unpaired) electrons. The van der Waals surface area contributed by atoms with Gasteiger partial charge in [0.25, 0.3) is 0 Å². The zero-order valence-corrected chi connectivity index (χ0v) is 15.0. The standard InChI is InChI=1S/C15H12Br2ClF2N/c1-21-14(9-3-2-8(18)6-12(9)17)7-10-13(19)5-4-11(16)15(10)20/h2-6,14,21H,7H2,1H3. The Morgan fingerprint density at radius 3 is 2.48 bits per heavy atom. The predicted octanol–water partition coefficient (Wildman–Crippen LogP) is 5.65. The summed E-state index contributed by atoms with van der Waals surface area (Å²) in [6, 6.07) is 7.72. The molecule has 0 aromatic heterocycles. The zero-order valence-electron chi connectivity index (χ0n) is 11.1. The lowest BCUT2D eigenvalue weighted by atomic mass is 9.98. The molecule has 0 amide bonds. The number of nitrogens with one attached hydrogen (secondary N) is 1. The third-order valence-corrected chi connectivity index (χ3v) is 4.77. The third kappa shape index (κ3) is 3.83. The first kappa shape index (κ1) is 16.9. The van der Waals surface area contributed by atoms with Gasteiger partial charge in [-0.25, -0.2) is 8.78 Å². The van der Waals surface area contributed by atoms with Crippen LogP contribution in [0.15, 0.2) is 39.3 Å². The molecule has 0 saturated heterocycles. The first-order valence-electron chi connectivity index (χ1n) is 6.18. The van der Waals surface area contributed by atoms with E-state index in [1.807, 2.05) is 6.07 Å². The molecule has 6 heteroatoms. The fourth-order valence-electron chi connectivity index (χ4n) is 2.11. The van der Waals surface area contributed by atoms with Crippen LogP contribution < -0.4 is 5.32 Å². The van der Waals surface area contributed by atoms with E-state index in [4.69, 9.17) is 11.6 Å². The predicted molar refractivity (Wildman–Crippen MR) is 88.7 cm³/mol. The minimum Gasteiger partial charge on any atom is -0.313 e. The molecule has 0 bridgehead atoms. The first-order chi connectivity index (χ1) is 9.93. The quantitative estimate of drug-likeness (QED) is 0.608. The van der Waals surface area contributed by atoms with Gasteiger partial charge in [-0.2, -0.15) is 0 Å². The summed E-state index contributed by atoms with van der Waals surface area (Å²) < 4.78 is 29.0. The Morgan fingerprint density at radius 1 is 1.14 bits per heavy atom. The largest absolute Gasteiger partial charge is 0.313 e. The number of hydrogen-bond donors (Lipinski definition) is 1. The Labute approximate surface area is 144 Å². The average Bonchev–Trinajstić information content (AvgIpc) is 2.44. The summed E-state index contributed by atoms with van der Waals surface area (Å²) in [7, 11) is 1.75. The van der Waals surface area contributed by atoms with Gasteiger partial charge in [-0.1, -0.05) is 33.6 Å². The summed E-state index contributed by atoms with van der Waals surface area (Å²) in [5.41, 5.74) is 0.936. The molecule has 0 aliphatic rings. The number of hydrogen-bond acceptors (Lipinski definition) is 1. The molecule has 1 unspecified atom stereocenters. The van der Waals surface area contributed by atoms with E-state index in [-0.39, 0.29) is 22.5 Å². The van der Waals surface area contributed by atoms with E-state index in [0.717, 1.165) is 10.0 Å². The molecular formula is C15H12Br2ClF2N. The summed E-state index contributed by atoms with van der Waals surface area (Å²) >= 11 is 12.4. The second-order valence-electron chi connectivity index (χ2n) is 4.53. The molecule has 2 rings (SSSR count). The highest BCUT2D eigenvalue weighted by atomic mass is 79.9. The van der Waals surface area contributed by atoms with Crippen molar-refractivity contribution in [3.8, 4) is 0 Å². The lowest BCUT2D eigenvalue weighted by Gasteiger charge is -2.19. The van der Waals surface area contributed by atoms with Crippen LogP contribution in [0.1, 0.15) is 17.2 Å². The van der Waals surface area contributed by atoms with Crippen molar-refractivity contribution in [1.29, 1.82) is 0 Å². The molecule has 0 heterocycles. The maximum absolute atomic E-state index is 14.1. The molecule has 1 atom stereocenters. The van der Waals surface area contributed by atoms with E-state index < -0.39 is 11.6 Å². The van der Waals surface area contributed by atoms with Crippen LogP contribution in [0.3, 0.4) is 0 Å². The second kappa shape index (κ2) is 7.18. The van der Waals surface area contributed by atoms with Gasteiger partial charge in [0.1, 0.15) is 11.6 Å². The molecule has 2 aromatic rings. The Hall–Kier alpha value is -0.490. The number of halogens is 5. The molecule has 1 nitrogen and oxygen atoms in total. The van der Waals surface area contributed by atoms with Crippen molar-refractivity contribution in [3.63, 3.8) is 0 Å². The molecule has 0 spiro atoms. The van der Waals surface area contributed by atoms with Crippen LogP contribution in [0.5, 0.6) is 0 Å². The van der Waals surface area contributed by atoms with Crippen LogP contribution in [0.4, 0.5) is 8.78 Å². The first-order valence-corrected chi connectivity index (χ1v) is 8.15. The smallest absolute Gasteiger partial charge is 0.143 e. The number of benzene rings is 2. The lowest BCUT2D eigenvalue weighted by molar-refractivity contribution is 0.512. The lowest BCUT2D eigenvalue weighted by Crippen LogP contribution is -2.20. The van der Waals surface area contributed by atoms with E-state index in [2.05, 4.69) is 37.2 Å². The van der Waals surface area contributed by atoms with Crippen molar-refractivity contribution < 1.29 is 8.78 Å². The minimum atomic E-state index is -0.569. The van der Waals surface area contributed by atoms with Gasteiger partial charge < -0.3 is 5.32 Å². The van der Waals surface area contributed by atoms with Gasteiger partial charge in [-0.05, 0) is 59.2 Å². The number of likely N-dealkylation sites (N-methyl/N-ethyl adjacent to an activating group) is 1. The summed E-state index contributed by atoms with van der Waals surface area (Å²) in [6.45, 7) is 0. The Kier molecular flexibility index (Phi) is 5.77. The van der Waals surface area contributed by atoms with Crippen molar-refractivity contribution in [2.75, 3.05) is 7.05 Å². The van der Waals surface area contributed by atoms with Crippen molar-refractivity contribution in [2.45, 2.75) is 12.5 Å². The van der Waals surface area contributed by atoms with Gasteiger partial charge in [0.05, 0.1) is 4.47 Å². The Bertz CT molecular complexity index is 664. The molecule has 0 saturated carbocycles. The Morgan fingerprint density at radius 2 is 1.86 bits per heavy atom. The average molecular weight is 440 g/mol. The van der Waals surface area contributed by atoms with Crippen LogP contribution in [-0.2, 0) is 6.42 Å². The normalized spacial score (nSPS) is 12.5. The van der Waals surface area contributed by atoms with Gasteiger partial charge in [0.2, 0.25) is 0 Å². The highest BCUT2D eigenvalue weighted by Gasteiger charge is 2.19. The zero-order chi connectivity index (χ0) is 15.6. The van der Waals surface area contributed by atoms with Gasteiger partial charge in [-0.15, -0.1) is 0 Å². The summed E-state index contributed by atoms with van der Waals surface area (Å²) in [5.74, 6) is -1.12. The topological polar surface area (TPSA) is 12.0 Å². The Balaban J connectivity index is 2.38. The number of rotatable bonds is 4. The fourth-order valence-corrected chi connectivity index (χ4v) is 3.44. The molecule has 1 N–H and O–H groups in total. The molecule has 21 heavy (non-hydrogen) atoms. The SMILES string of the molecule is CNC(Cc1c(F)ccc(Br)c1F)c1ccc(Cl)cc1Br. The van der Waals surface area contributed by atoms with Crippen LogP contribution >= 0.6 is 43.5 Å². The van der Waals surface area contributed by atoms with E-state index in [0.29, 0.717) is 5.02 Å². The van der Waals surface area contributed by atoms with Crippen LogP contribution in [0.25, 0.3) is 0 Å².